The lowest BCUT2D eigenvalue weighted by molar-refractivity contribution is 0.100. The lowest BCUT2D eigenvalue weighted by Crippen LogP contribution is -2.13. The molecular formula is C14H12N4O. The number of carbonyl (C=O) groups is 1. The molecule has 0 spiro atoms. The molecule has 0 radical (unpaired) electrons. The van der Waals surface area contributed by atoms with Crippen LogP contribution in [-0.2, 0) is 0 Å². The number of nitrogens with two attached hydrogens (primary N) is 1. The summed E-state index contributed by atoms with van der Waals surface area (Å²) in [7, 11) is 0. The van der Waals surface area contributed by atoms with Gasteiger partial charge >= 0.3 is 0 Å². The van der Waals surface area contributed by atoms with Crippen LogP contribution in [0.15, 0.2) is 48.7 Å². The van der Waals surface area contributed by atoms with E-state index in [-0.39, 0.29) is 0 Å². The first-order chi connectivity index (χ1) is 9.24. The first-order valence-electron chi connectivity index (χ1n) is 5.83. The maximum absolute atomic E-state index is 11.3. The van der Waals surface area contributed by atoms with E-state index in [1.807, 2.05) is 30.3 Å². The molecule has 2 aromatic carbocycles. The van der Waals surface area contributed by atoms with Crippen molar-refractivity contribution in [2.24, 2.45) is 5.73 Å². The van der Waals surface area contributed by atoms with Crippen molar-refractivity contribution in [3.63, 3.8) is 0 Å². The number of amides is 1. The Morgan fingerprint density at radius 1 is 1.21 bits per heavy atom. The summed E-state index contributed by atoms with van der Waals surface area (Å²) < 4.78 is 0. The number of benzene rings is 2. The van der Waals surface area contributed by atoms with Gasteiger partial charge in [-0.15, -0.1) is 0 Å². The van der Waals surface area contributed by atoms with Crippen LogP contribution in [0.25, 0.3) is 10.9 Å². The van der Waals surface area contributed by atoms with Gasteiger partial charge in [0.25, 0.3) is 5.91 Å². The van der Waals surface area contributed by atoms with Crippen LogP contribution in [0.1, 0.15) is 10.4 Å². The summed E-state index contributed by atoms with van der Waals surface area (Å²) in [5.41, 5.74) is 8.30. The molecule has 3 rings (SSSR count). The topological polar surface area (TPSA) is 83.8 Å². The van der Waals surface area contributed by atoms with Gasteiger partial charge in [0.1, 0.15) is 0 Å². The van der Waals surface area contributed by atoms with E-state index in [0.717, 1.165) is 16.6 Å². The number of hydrogen-bond acceptors (Lipinski definition) is 3. The fourth-order valence-electron chi connectivity index (χ4n) is 1.98. The number of nitrogens with one attached hydrogen (secondary N) is 2. The molecule has 0 fully saturated rings. The lowest BCUT2D eigenvalue weighted by Gasteiger charge is -2.09. The zero-order valence-electron chi connectivity index (χ0n) is 10.1. The molecule has 5 nitrogen and oxygen atoms in total. The molecule has 0 aliphatic carbocycles. The second-order valence-corrected chi connectivity index (χ2v) is 4.21. The highest BCUT2D eigenvalue weighted by Crippen LogP contribution is 2.23. The van der Waals surface area contributed by atoms with Crippen LogP contribution in [0.5, 0.6) is 0 Å². The Morgan fingerprint density at radius 2 is 2.05 bits per heavy atom. The molecule has 0 atom stereocenters. The molecule has 1 aromatic heterocycles. The molecule has 0 bridgehead atoms. The monoisotopic (exact) mass is 252 g/mol. The van der Waals surface area contributed by atoms with Gasteiger partial charge in [-0.3, -0.25) is 9.89 Å². The number of aromatic nitrogens is 2. The largest absolute Gasteiger partial charge is 0.366 e. The third kappa shape index (κ3) is 2.13. The molecule has 0 saturated heterocycles. The van der Waals surface area contributed by atoms with Crippen LogP contribution in [0.3, 0.4) is 0 Å². The Balaban J connectivity index is 1.98. The summed E-state index contributed by atoms with van der Waals surface area (Å²) in [4.78, 5) is 11.3. The normalized spacial score (nSPS) is 10.5. The van der Waals surface area contributed by atoms with Gasteiger partial charge in [0.05, 0.1) is 23.0 Å². The first-order valence-corrected chi connectivity index (χ1v) is 5.83. The van der Waals surface area contributed by atoms with Gasteiger partial charge in [-0.25, -0.2) is 0 Å². The number of fused-ring (bicyclic) bond motifs is 1. The summed E-state index contributed by atoms with van der Waals surface area (Å²) in [6.07, 6.45) is 1.76. The van der Waals surface area contributed by atoms with E-state index >= 15 is 0 Å². The summed E-state index contributed by atoms with van der Waals surface area (Å²) in [5.74, 6) is -0.453. The van der Waals surface area contributed by atoms with Crippen LogP contribution in [0.2, 0.25) is 0 Å². The SMILES string of the molecule is NC(=O)c1ccccc1Nc1ccc2cn[nH]c2c1. The maximum atomic E-state index is 11.3. The molecule has 3 aromatic rings. The molecular weight excluding hydrogens is 240 g/mol. The van der Waals surface area contributed by atoms with Crippen molar-refractivity contribution in [2.75, 3.05) is 5.32 Å². The van der Waals surface area contributed by atoms with Crippen molar-refractivity contribution in [1.82, 2.24) is 10.2 Å². The fraction of sp³-hybridized carbons (Fsp3) is 0. The van der Waals surface area contributed by atoms with Crippen molar-refractivity contribution in [2.45, 2.75) is 0 Å². The predicted molar refractivity (Wildman–Crippen MR) is 74.3 cm³/mol. The number of primary amides is 1. The fourth-order valence-corrected chi connectivity index (χ4v) is 1.98. The summed E-state index contributed by atoms with van der Waals surface area (Å²) in [6.45, 7) is 0. The Kier molecular flexibility index (Phi) is 2.64. The smallest absolute Gasteiger partial charge is 0.250 e. The molecule has 0 unspecified atom stereocenters. The zero-order valence-corrected chi connectivity index (χ0v) is 10.1. The quantitative estimate of drug-likeness (QED) is 0.669. The Bertz CT molecular complexity index is 748. The standard InChI is InChI=1S/C14H12N4O/c15-14(19)11-3-1-2-4-12(11)17-10-6-5-9-8-16-18-13(9)7-10/h1-8,17H,(H2,15,19)(H,16,18). The minimum Gasteiger partial charge on any atom is -0.366 e. The highest BCUT2D eigenvalue weighted by Gasteiger charge is 2.07. The molecule has 4 N–H and O–H groups in total. The average molecular weight is 252 g/mol. The second kappa shape index (κ2) is 4.45. The van der Waals surface area contributed by atoms with E-state index in [1.165, 1.54) is 0 Å². The van der Waals surface area contributed by atoms with Crippen molar-refractivity contribution < 1.29 is 4.79 Å². The molecule has 0 saturated carbocycles. The van der Waals surface area contributed by atoms with Gasteiger partial charge in [-0.2, -0.15) is 5.10 Å². The van der Waals surface area contributed by atoms with Gasteiger partial charge in [-0.05, 0) is 30.3 Å². The minimum absolute atomic E-state index is 0.453. The van der Waals surface area contributed by atoms with Crippen molar-refractivity contribution >= 4 is 28.2 Å². The summed E-state index contributed by atoms with van der Waals surface area (Å²) in [6, 6.07) is 13.0. The van der Waals surface area contributed by atoms with E-state index < -0.39 is 5.91 Å². The minimum atomic E-state index is -0.453. The highest BCUT2D eigenvalue weighted by molar-refractivity contribution is 5.99. The zero-order chi connectivity index (χ0) is 13.2. The number of carbonyl (C=O) groups excluding carboxylic acids is 1. The van der Waals surface area contributed by atoms with E-state index in [9.17, 15) is 4.79 Å². The van der Waals surface area contributed by atoms with Crippen molar-refractivity contribution in [3.05, 3.63) is 54.2 Å². The Morgan fingerprint density at radius 3 is 2.89 bits per heavy atom. The van der Waals surface area contributed by atoms with E-state index in [4.69, 9.17) is 5.73 Å². The van der Waals surface area contributed by atoms with Crippen LogP contribution in [-0.4, -0.2) is 16.1 Å². The highest BCUT2D eigenvalue weighted by atomic mass is 16.1. The van der Waals surface area contributed by atoms with Crippen molar-refractivity contribution in [1.29, 1.82) is 0 Å². The molecule has 19 heavy (non-hydrogen) atoms. The van der Waals surface area contributed by atoms with Crippen LogP contribution >= 0.6 is 0 Å². The Hall–Kier alpha value is -2.82. The molecule has 1 heterocycles. The number of H-pyrrole nitrogens is 1. The summed E-state index contributed by atoms with van der Waals surface area (Å²) >= 11 is 0. The number of hydrogen-bond donors (Lipinski definition) is 3. The van der Waals surface area contributed by atoms with Crippen LogP contribution < -0.4 is 11.1 Å². The van der Waals surface area contributed by atoms with Gasteiger partial charge < -0.3 is 11.1 Å². The Labute approximate surface area is 109 Å². The van der Waals surface area contributed by atoms with Gasteiger partial charge in [-0.1, -0.05) is 12.1 Å². The van der Waals surface area contributed by atoms with Crippen molar-refractivity contribution in [3.8, 4) is 0 Å². The number of aromatic amines is 1. The molecule has 5 heteroatoms. The number of para-hydroxylation sites is 1. The van der Waals surface area contributed by atoms with E-state index in [1.54, 1.807) is 18.3 Å². The molecule has 0 aliphatic rings. The number of anilines is 2. The van der Waals surface area contributed by atoms with Gasteiger partial charge in [0, 0.05) is 11.1 Å². The predicted octanol–water partition coefficient (Wildman–Crippen LogP) is 2.41. The molecule has 1 amide bonds. The van der Waals surface area contributed by atoms with Crippen LogP contribution in [0.4, 0.5) is 11.4 Å². The number of nitrogens with zero attached hydrogens (tertiary/aromatic N) is 1. The maximum Gasteiger partial charge on any atom is 0.250 e. The third-order valence-electron chi connectivity index (χ3n) is 2.91. The second-order valence-electron chi connectivity index (χ2n) is 4.21. The van der Waals surface area contributed by atoms with Gasteiger partial charge in [0.2, 0.25) is 0 Å². The van der Waals surface area contributed by atoms with Crippen LogP contribution in [0, 0.1) is 0 Å². The molecule has 94 valence electrons. The molecule has 0 aliphatic heterocycles. The summed E-state index contributed by atoms with van der Waals surface area (Å²) in [5, 5.41) is 11.1. The van der Waals surface area contributed by atoms with E-state index in [2.05, 4.69) is 15.5 Å². The number of rotatable bonds is 3. The van der Waals surface area contributed by atoms with Gasteiger partial charge in [0.15, 0.2) is 0 Å². The lowest BCUT2D eigenvalue weighted by atomic mass is 10.1. The van der Waals surface area contributed by atoms with E-state index in [0.29, 0.717) is 11.3 Å². The average Bonchev–Trinajstić information content (AvgIpc) is 2.86. The third-order valence-corrected chi connectivity index (χ3v) is 2.91. The first kappa shape index (κ1) is 11.3.